The maximum Gasteiger partial charge on any atom is 0.416 e. The monoisotopic (exact) mass is 327 g/mol. The molecule has 2 bridgehead atoms. The Hall–Kier alpha value is -1.56. The van der Waals surface area contributed by atoms with Gasteiger partial charge in [-0.1, -0.05) is 18.6 Å². The first-order chi connectivity index (χ1) is 10.8. The Bertz CT molecular complexity index is 587. The summed E-state index contributed by atoms with van der Waals surface area (Å²) in [5.74, 6) is 1.00. The zero-order chi connectivity index (χ0) is 16.6. The highest BCUT2D eigenvalue weighted by Crippen LogP contribution is 2.48. The Morgan fingerprint density at radius 3 is 2.70 bits per heavy atom. The summed E-state index contributed by atoms with van der Waals surface area (Å²) < 4.78 is 38.1. The van der Waals surface area contributed by atoms with Gasteiger partial charge in [-0.15, -0.1) is 0 Å². The Labute approximate surface area is 132 Å². The van der Waals surface area contributed by atoms with E-state index in [1.54, 1.807) is 0 Å². The van der Waals surface area contributed by atoms with Crippen LogP contribution in [0.2, 0.25) is 0 Å². The van der Waals surface area contributed by atoms with Gasteiger partial charge >= 0.3 is 6.18 Å². The van der Waals surface area contributed by atoms with Crippen molar-refractivity contribution in [1.29, 1.82) is 0 Å². The topological polar surface area (TPSA) is 49.3 Å². The van der Waals surface area contributed by atoms with Crippen molar-refractivity contribution in [2.75, 3.05) is 6.54 Å². The van der Waals surface area contributed by atoms with Crippen molar-refractivity contribution in [1.82, 2.24) is 5.32 Å². The standard InChI is InChI=1S/C17H20F3NO2/c18-17(19,20)13-3-1-2-12(8-13)15(22)9-21-16(23)14-7-10-4-5-11(14)6-10/h1-3,8,10-11,14-15,22H,4-7,9H2,(H,21,23). The van der Waals surface area contributed by atoms with E-state index >= 15 is 0 Å². The zero-order valence-electron chi connectivity index (χ0n) is 12.6. The Kier molecular flexibility index (Phi) is 4.36. The number of amides is 1. The molecule has 3 nitrogen and oxygen atoms in total. The molecule has 1 amide bonds. The third-order valence-corrected chi connectivity index (χ3v) is 5.14. The fourth-order valence-electron chi connectivity index (χ4n) is 3.93. The highest BCUT2D eigenvalue weighted by atomic mass is 19.4. The van der Waals surface area contributed by atoms with Crippen LogP contribution < -0.4 is 5.32 Å². The number of carbonyl (C=O) groups is 1. The summed E-state index contributed by atoms with van der Waals surface area (Å²) in [7, 11) is 0. The second-order valence-electron chi connectivity index (χ2n) is 6.67. The third-order valence-electron chi connectivity index (χ3n) is 5.14. The summed E-state index contributed by atoms with van der Waals surface area (Å²) in [6.45, 7) is -0.0615. The van der Waals surface area contributed by atoms with Crippen molar-refractivity contribution in [3.8, 4) is 0 Å². The van der Waals surface area contributed by atoms with Crippen LogP contribution in [0.4, 0.5) is 13.2 Å². The lowest BCUT2D eigenvalue weighted by molar-refractivity contribution is -0.137. The van der Waals surface area contributed by atoms with Gasteiger partial charge < -0.3 is 10.4 Å². The fraction of sp³-hybridized carbons (Fsp3) is 0.588. The van der Waals surface area contributed by atoms with Gasteiger partial charge in [0, 0.05) is 12.5 Å². The van der Waals surface area contributed by atoms with Crippen molar-refractivity contribution in [3.63, 3.8) is 0 Å². The summed E-state index contributed by atoms with van der Waals surface area (Å²) in [5, 5.41) is 12.7. The summed E-state index contributed by atoms with van der Waals surface area (Å²) in [4.78, 5) is 12.2. The van der Waals surface area contributed by atoms with Gasteiger partial charge in [0.25, 0.3) is 0 Å². The molecule has 0 heterocycles. The molecule has 3 rings (SSSR count). The van der Waals surface area contributed by atoms with Gasteiger partial charge in [0.15, 0.2) is 0 Å². The van der Waals surface area contributed by atoms with E-state index in [-0.39, 0.29) is 23.9 Å². The average Bonchev–Trinajstić information content (AvgIpc) is 3.14. The number of rotatable bonds is 4. The molecule has 6 heteroatoms. The number of aliphatic hydroxyl groups excluding tert-OH is 1. The van der Waals surface area contributed by atoms with Crippen LogP contribution in [0.25, 0.3) is 0 Å². The van der Waals surface area contributed by atoms with E-state index in [1.165, 1.54) is 18.6 Å². The summed E-state index contributed by atoms with van der Waals surface area (Å²) in [6.07, 6.45) is -1.30. The SMILES string of the molecule is O=C(NCC(O)c1cccc(C(F)(F)F)c1)C1CC2CCC1C2. The largest absolute Gasteiger partial charge is 0.416 e. The van der Waals surface area contributed by atoms with Gasteiger partial charge in [-0.3, -0.25) is 4.79 Å². The van der Waals surface area contributed by atoms with E-state index in [1.807, 2.05) is 0 Å². The van der Waals surface area contributed by atoms with Crippen LogP contribution in [0.3, 0.4) is 0 Å². The number of benzene rings is 1. The maximum atomic E-state index is 12.7. The molecule has 0 saturated heterocycles. The molecular weight excluding hydrogens is 307 g/mol. The van der Waals surface area contributed by atoms with Gasteiger partial charge in [-0.2, -0.15) is 13.2 Å². The summed E-state index contributed by atoms with van der Waals surface area (Å²) in [5.41, 5.74) is -0.637. The average molecular weight is 327 g/mol. The Morgan fingerprint density at radius 2 is 2.09 bits per heavy atom. The van der Waals surface area contributed by atoms with Crippen molar-refractivity contribution >= 4 is 5.91 Å². The Morgan fingerprint density at radius 1 is 1.30 bits per heavy atom. The number of hydrogen-bond acceptors (Lipinski definition) is 2. The van der Waals surface area contributed by atoms with Gasteiger partial charge in [0.1, 0.15) is 0 Å². The van der Waals surface area contributed by atoms with Crippen molar-refractivity contribution in [2.24, 2.45) is 17.8 Å². The van der Waals surface area contributed by atoms with Crippen LogP contribution in [-0.2, 0) is 11.0 Å². The molecule has 126 valence electrons. The second kappa shape index (κ2) is 6.15. The minimum atomic E-state index is -4.44. The van der Waals surface area contributed by atoms with Crippen LogP contribution in [0.5, 0.6) is 0 Å². The zero-order valence-corrected chi connectivity index (χ0v) is 12.6. The van der Waals surface area contributed by atoms with E-state index in [4.69, 9.17) is 0 Å². The lowest BCUT2D eigenvalue weighted by atomic mass is 9.88. The smallest absolute Gasteiger partial charge is 0.387 e. The number of aliphatic hydroxyl groups is 1. The Balaban J connectivity index is 1.57. The fourth-order valence-corrected chi connectivity index (χ4v) is 3.93. The molecular formula is C17H20F3NO2. The first-order valence-electron chi connectivity index (χ1n) is 7.97. The number of halogens is 3. The first-order valence-corrected chi connectivity index (χ1v) is 7.97. The highest BCUT2D eigenvalue weighted by Gasteiger charge is 2.43. The molecule has 1 aromatic rings. The van der Waals surface area contributed by atoms with E-state index in [2.05, 4.69) is 5.32 Å². The minimum absolute atomic E-state index is 0.00228. The molecule has 2 fully saturated rings. The van der Waals surface area contributed by atoms with Crippen molar-refractivity contribution < 1.29 is 23.1 Å². The molecule has 0 radical (unpaired) electrons. The lowest BCUT2D eigenvalue weighted by Gasteiger charge is -2.22. The molecule has 1 aromatic carbocycles. The lowest BCUT2D eigenvalue weighted by Crippen LogP contribution is -2.36. The van der Waals surface area contributed by atoms with Gasteiger partial charge in [0.2, 0.25) is 5.91 Å². The number of nitrogens with one attached hydrogen (secondary N) is 1. The molecule has 0 spiro atoms. The number of alkyl halides is 3. The predicted octanol–water partition coefficient (Wildman–Crippen LogP) is 3.29. The molecule has 4 atom stereocenters. The van der Waals surface area contributed by atoms with Crippen LogP contribution in [-0.4, -0.2) is 17.6 Å². The molecule has 2 aliphatic rings. The molecule has 23 heavy (non-hydrogen) atoms. The van der Waals surface area contributed by atoms with E-state index in [9.17, 15) is 23.1 Å². The molecule has 2 aliphatic carbocycles. The normalized spacial score (nSPS) is 27.9. The van der Waals surface area contributed by atoms with Crippen LogP contribution in [0, 0.1) is 17.8 Å². The number of fused-ring (bicyclic) bond motifs is 2. The van der Waals surface area contributed by atoms with Crippen LogP contribution in [0.1, 0.15) is 42.9 Å². The summed E-state index contributed by atoms with van der Waals surface area (Å²) >= 11 is 0. The number of carbonyl (C=O) groups excluding carboxylic acids is 1. The van der Waals surface area contributed by atoms with Gasteiger partial charge in [-0.05, 0) is 48.8 Å². The molecule has 4 unspecified atom stereocenters. The van der Waals surface area contributed by atoms with E-state index < -0.39 is 17.8 Å². The molecule has 2 saturated carbocycles. The third kappa shape index (κ3) is 3.52. The summed E-state index contributed by atoms with van der Waals surface area (Å²) in [6, 6.07) is 4.58. The van der Waals surface area contributed by atoms with Crippen molar-refractivity contribution in [2.45, 2.75) is 38.0 Å². The van der Waals surface area contributed by atoms with Crippen LogP contribution in [0.15, 0.2) is 24.3 Å². The first kappa shape index (κ1) is 16.3. The van der Waals surface area contributed by atoms with Gasteiger partial charge in [0.05, 0.1) is 11.7 Å². The predicted molar refractivity (Wildman–Crippen MR) is 78.4 cm³/mol. The van der Waals surface area contributed by atoms with Crippen LogP contribution >= 0.6 is 0 Å². The van der Waals surface area contributed by atoms with E-state index in [0.717, 1.165) is 31.4 Å². The number of hydrogen-bond donors (Lipinski definition) is 2. The maximum absolute atomic E-state index is 12.7. The van der Waals surface area contributed by atoms with Crippen molar-refractivity contribution in [3.05, 3.63) is 35.4 Å². The molecule has 0 aliphatic heterocycles. The molecule has 2 N–H and O–H groups in total. The van der Waals surface area contributed by atoms with E-state index in [0.29, 0.717) is 11.8 Å². The minimum Gasteiger partial charge on any atom is -0.387 e. The molecule has 0 aromatic heterocycles. The second-order valence-corrected chi connectivity index (χ2v) is 6.67. The van der Waals surface area contributed by atoms with Gasteiger partial charge in [-0.25, -0.2) is 0 Å². The highest BCUT2D eigenvalue weighted by molar-refractivity contribution is 5.79. The quantitative estimate of drug-likeness (QED) is 0.891.